The fourth-order valence-electron chi connectivity index (χ4n) is 3.94. The zero-order valence-electron chi connectivity index (χ0n) is 18.4. The maximum absolute atomic E-state index is 13.9. The van der Waals surface area contributed by atoms with Crippen LogP contribution in [-0.2, 0) is 4.74 Å². The molecule has 1 aromatic carbocycles. The number of ether oxygens (including phenoxy) is 1. The molecule has 1 aliphatic heterocycles. The highest BCUT2D eigenvalue weighted by atomic mass is 19.1. The third kappa shape index (κ3) is 5.98. The van der Waals surface area contributed by atoms with Crippen LogP contribution < -0.4 is 16.8 Å². The number of halogens is 1. The number of nitrogens with zero attached hydrogens (tertiary/aromatic N) is 1. The molecule has 1 aliphatic rings. The number of carbonyl (C=O) groups excluding carboxylic acids is 1. The van der Waals surface area contributed by atoms with Crippen LogP contribution in [-0.4, -0.2) is 55.2 Å². The summed E-state index contributed by atoms with van der Waals surface area (Å²) in [6.45, 7) is 8.76. The van der Waals surface area contributed by atoms with Crippen LogP contribution in [0.4, 0.5) is 4.39 Å². The second kappa shape index (κ2) is 10.6. The van der Waals surface area contributed by atoms with E-state index in [0.29, 0.717) is 41.2 Å². The molecule has 7 nitrogen and oxygen atoms in total. The van der Waals surface area contributed by atoms with E-state index in [2.05, 4.69) is 15.2 Å². The van der Waals surface area contributed by atoms with Gasteiger partial charge < -0.3 is 31.4 Å². The van der Waals surface area contributed by atoms with Crippen molar-refractivity contribution in [1.82, 2.24) is 15.2 Å². The average molecular weight is 432 g/mol. The number of fused-ring (bicyclic) bond motifs is 1. The Morgan fingerprint density at radius 2 is 2.13 bits per heavy atom. The SMILES string of the molecule is CC(C)COC(=O)c1[nH]c2ccc(F)cc2c1/C(N)=C/NCC1CCN(CCN)CC1. The Bertz CT molecular complexity index is 916. The molecular formula is C23H34FN5O2. The molecule has 3 rings (SSSR count). The fourth-order valence-corrected chi connectivity index (χ4v) is 3.94. The van der Waals surface area contributed by atoms with Crippen LogP contribution in [0.15, 0.2) is 24.4 Å². The van der Waals surface area contributed by atoms with E-state index < -0.39 is 5.97 Å². The molecule has 0 radical (unpaired) electrons. The Balaban J connectivity index is 1.74. The lowest BCUT2D eigenvalue weighted by Gasteiger charge is -2.31. The molecule has 170 valence electrons. The second-order valence-corrected chi connectivity index (χ2v) is 8.64. The molecule has 0 atom stereocenters. The summed E-state index contributed by atoms with van der Waals surface area (Å²) >= 11 is 0. The first-order valence-corrected chi connectivity index (χ1v) is 11.0. The summed E-state index contributed by atoms with van der Waals surface area (Å²) in [5.41, 5.74) is 13.7. The van der Waals surface area contributed by atoms with Crippen molar-refractivity contribution in [3.05, 3.63) is 41.5 Å². The van der Waals surface area contributed by atoms with Gasteiger partial charge in [-0.2, -0.15) is 0 Å². The van der Waals surface area contributed by atoms with Gasteiger partial charge in [0.1, 0.15) is 11.5 Å². The van der Waals surface area contributed by atoms with Crippen molar-refractivity contribution in [1.29, 1.82) is 0 Å². The van der Waals surface area contributed by atoms with E-state index in [1.54, 1.807) is 12.3 Å². The highest BCUT2D eigenvalue weighted by molar-refractivity contribution is 6.04. The van der Waals surface area contributed by atoms with E-state index >= 15 is 0 Å². The molecule has 0 amide bonds. The van der Waals surface area contributed by atoms with Gasteiger partial charge in [0.15, 0.2) is 0 Å². The number of nitrogens with two attached hydrogens (primary N) is 2. The summed E-state index contributed by atoms with van der Waals surface area (Å²) < 4.78 is 19.3. The van der Waals surface area contributed by atoms with Crippen LogP contribution in [0, 0.1) is 17.7 Å². The molecule has 0 saturated carbocycles. The van der Waals surface area contributed by atoms with Gasteiger partial charge in [-0.15, -0.1) is 0 Å². The highest BCUT2D eigenvalue weighted by Gasteiger charge is 2.22. The first kappa shape index (κ1) is 23.1. The number of likely N-dealkylation sites (tertiary alicyclic amines) is 1. The number of piperidine rings is 1. The molecule has 0 spiro atoms. The van der Waals surface area contributed by atoms with E-state index in [4.69, 9.17) is 16.2 Å². The average Bonchev–Trinajstić information content (AvgIpc) is 3.12. The molecule has 0 aliphatic carbocycles. The zero-order valence-corrected chi connectivity index (χ0v) is 18.4. The highest BCUT2D eigenvalue weighted by Crippen LogP contribution is 2.28. The lowest BCUT2D eigenvalue weighted by molar-refractivity contribution is 0.0453. The summed E-state index contributed by atoms with van der Waals surface area (Å²) in [5.74, 6) is -0.127. The number of H-pyrrole nitrogens is 1. The summed E-state index contributed by atoms with van der Waals surface area (Å²) in [4.78, 5) is 18.1. The van der Waals surface area contributed by atoms with Crippen molar-refractivity contribution in [2.75, 3.05) is 39.3 Å². The van der Waals surface area contributed by atoms with Crippen LogP contribution in [0.3, 0.4) is 0 Å². The predicted molar refractivity (Wildman–Crippen MR) is 122 cm³/mol. The molecule has 1 fully saturated rings. The topological polar surface area (TPSA) is 109 Å². The number of carbonyl (C=O) groups is 1. The first-order chi connectivity index (χ1) is 14.9. The molecule has 31 heavy (non-hydrogen) atoms. The molecular weight excluding hydrogens is 397 g/mol. The number of esters is 1. The Hall–Kier alpha value is -2.58. The van der Waals surface area contributed by atoms with Gasteiger partial charge in [-0.3, -0.25) is 0 Å². The summed E-state index contributed by atoms with van der Waals surface area (Å²) in [5, 5.41) is 3.85. The third-order valence-electron chi connectivity index (χ3n) is 5.62. The largest absolute Gasteiger partial charge is 0.461 e. The number of aromatic amines is 1. The molecule has 8 heteroatoms. The Kier molecular flexibility index (Phi) is 7.92. The minimum Gasteiger partial charge on any atom is -0.461 e. The molecule has 1 saturated heterocycles. The molecule has 0 unspecified atom stereocenters. The van der Waals surface area contributed by atoms with E-state index in [1.807, 2.05) is 13.8 Å². The normalized spacial score (nSPS) is 16.2. The molecule has 1 aromatic heterocycles. The van der Waals surface area contributed by atoms with E-state index in [9.17, 15) is 9.18 Å². The van der Waals surface area contributed by atoms with Gasteiger partial charge in [-0.25, -0.2) is 9.18 Å². The van der Waals surface area contributed by atoms with Crippen LogP contribution in [0.2, 0.25) is 0 Å². The third-order valence-corrected chi connectivity index (χ3v) is 5.62. The first-order valence-electron chi connectivity index (χ1n) is 11.0. The van der Waals surface area contributed by atoms with E-state index in [-0.39, 0.29) is 17.4 Å². The second-order valence-electron chi connectivity index (χ2n) is 8.64. The lowest BCUT2D eigenvalue weighted by atomic mass is 9.97. The number of aromatic nitrogens is 1. The van der Waals surface area contributed by atoms with E-state index in [0.717, 1.165) is 39.0 Å². The Morgan fingerprint density at radius 1 is 1.39 bits per heavy atom. The monoisotopic (exact) mass is 431 g/mol. The number of benzene rings is 1. The molecule has 6 N–H and O–H groups in total. The smallest absolute Gasteiger partial charge is 0.355 e. The van der Waals surface area contributed by atoms with Crippen molar-refractivity contribution in [2.45, 2.75) is 26.7 Å². The van der Waals surface area contributed by atoms with Crippen molar-refractivity contribution < 1.29 is 13.9 Å². The quantitative estimate of drug-likeness (QED) is 0.455. The summed E-state index contributed by atoms with van der Waals surface area (Å²) in [6, 6.07) is 4.33. The maximum atomic E-state index is 13.9. The minimum atomic E-state index is -0.496. The molecule has 2 heterocycles. The van der Waals surface area contributed by atoms with Crippen LogP contribution in [0.1, 0.15) is 42.7 Å². The fraction of sp³-hybridized carbons (Fsp3) is 0.522. The number of rotatable bonds is 9. The van der Waals surface area contributed by atoms with Crippen LogP contribution >= 0.6 is 0 Å². The number of hydrogen-bond donors (Lipinski definition) is 4. The van der Waals surface area contributed by atoms with E-state index in [1.165, 1.54) is 12.1 Å². The summed E-state index contributed by atoms with van der Waals surface area (Å²) in [7, 11) is 0. The molecule has 2 aromatic rings. The Morgan fingerprint density at radius 3 is 2.81 bits per heavy atom. The van der Waals surface area contributed by atoms with Crippen LogP contribution in [0.25, 0.3) is 16.6 Å². The predicted octanol–water partition coefficient (Wildman–Crippen LogP) is 2.64. The zero-order chi connectivity index (χ0) is 22.4. The standard InChI is InChI=1S/C23H34FN5O2/c1-15(2)14-31-23(30)22-21(18-11-17(24)3-4-20(18)28-22)19(26)13-27-12-16-5-8-29(9-6-16)10-7-25/h3-4,11,13,15-16,27-28H,5-10,12,14,25-26H2,1-2H3/b19-13-. The van der Waals surface area contributed by atoms with Crippen molar-refractivity contribution in [3.8, 4) is 0 Å². The molecule has 0 bridgehead atoms. The van der Waals surface area contributed by atoms with Gasteiger partial charge in [0.2, 0.25) is 0 Å². The van der Waals surface area contributed by atoms with Crippen molar-refractivity contribution in [3.63, 3.8) is 0 Å². The van der Waals surface area contributed by atoms with Crippen molar-refractivity contribution >= 4 is 22.6 Å². The van der Waals surface area contributed by atoms with Gasteiger partial charge in [0, 0.05) is 42.3 Å². The van der Waals surface area contributed by atoms with Crippen LogP contribution in [0.5, 0.6) is 0 Å². The van der Waals surface area contributed by atoms with Gasteiger partial charge in [-0.1, -0.05) is 13.8 Å². The van der Waals surface area contributed by atoms with Gasteiger partial charge >= 0.3 is 5.97 Å². The van der Waals surface area contributed by atoms with Gasteiger partial charge in [-0.05, 0) is 56.0 Å². The van der Waals surface area contributed by atoms with Gasteiger partial charge in [0.05, 0.1) is 12.3 Å². The number of nitrogens with one attached hydrogen (secondary N) is 2. The van der Waals surface area contributed by atoms with Crippen molar-refractivity contribution in [2.24, 2.45) is 23.3 Å². The Labute approximate surface area is 183 Å². The lowest BCUT2D eigenvalue weighted by Crippen LogP contribution is -2.39. The minimum absolute atomic E-state index is 0.208. The summed E-state index contributed by atoms with van der Waals surface area (Å²) in [6.07, 6.45) is 3.91. The van der Waals surface area contributed by atoms with Gasteiger partial charge in [0.25, 0.3) is 0 Å². The maximum Gasteiger partial charge on any atom is 0.355 e. The number of hydrogen-bond acceptors (Lipinski definition) is 6.